The van der Waals surface area contributed by atoms with E-state index in [1.165, 1.54) is 36.8 Å². The SMILES string of the molecule is CCCCC1=CC2=NC(c3cccc(C4=NC5C=CC(CCCC)=CC5=N4)n3)=NC2C=C1.[Cl-].[Cl-].[Cl-].[V+3]. The summed E-state index contributed by atoms with van der Waals surface area (Å²) in [5.41, 5.74) is 6.24. The maximum atomic E-state index is 4.82. The number of rotatable bonds is 8. The molecular weight excluding hydrogens is 552 g/mol. The summed E-state index contributed by atoms with van der Waals surface area (Å²) in [5.74, 6) is 1.38. The van der Waals surface area contributed by atoms with Crippen LogP contribution in [-0.4, -0.2) is 40.2 Å². The quantitative estimate of drug-likeness (QED) is 0.317. The molecule has 4 aliphatic rings. The second kappa shape index (κ2) is 14.9. The molecule has 1 aromatic heterocycles. The summed E-state index contributed by atoms with van der Waals surface area (Å²) >= 11 is 0. The zero-order valence-electron chi connectivity index (χ0n) is 20.4. The third kappa shape index (κ3) is 7.17. The van der Waals surface area contributed by atoms with Crippen LogP contribution in [-0.2, 0) is 18.6 Å². The van der Waals surface area contributed by atoms with Crippen LogP contribution in [0.2, 0.25) is 0 Å². The van der Waals surface area contributed by atoms with Crippen LogP contribution in [0.3, 0.4) is 0 Å². The Hall–Kier alpha value is -1.76. The van der Waals surface area contributed by atoms with Gasteiger partial charge < -0.3 is 37.2 Å². The van der Waals surface area contributed by atoms with Crippen molar-refractivity contribution in [2.75, 3.05) is 0 Å². The molecule has 5 rings (SSSR count). The van der Waals surface area contributed by atoms with Gasteiger partial charge in [-0.25, -0.2) is 15.0 Å². The molecule has 0 bridgehead atoms. The van der Waals surface area contributed by atoms with E-state index in [0.717, 1.165) is 35.7 Å². The third-order valence-corrected chi connectivity index (χ3v) is 6.10. The number of allylic oxidation sites excluding steroid dienone is 4. The zero-order chi connectivity index (χ0) is 21.9. The van der Waals surface area contributed by atoms with E-state index in [4.69, 9.17) is 25.0 Å². The van der Waals surface area contributed by atoms with Gasteiger partial charge in [0.05, 0.1) is 11.4 Å². The molecule has 2 aliphatic carbocycles. The molecule has 5 nitrogen and oxygen atoms in total. The van der Waals surface area contributed by atoms with Crippen molar-refractivity contribution in [3.8, 4) is 0 Å². The molecule has 2 atom stereocenters. The Balaban J connectivity index is 0.00000162. The molecule has 0 amide bonds. The van der Waals surface area contributed by atoms with E-state index in [-0.39, 0.29) is 67.9 Å². The first-order valence-electron chi connectivity index (χ1n) is 11.8. The number of aliphatic imine (C=N–C) groups is 4. The number of hydrogen-bond acceptors (Lipinski definition) is 5. The van der Waals surface area contributed by atoms with Crippen LogP contribution in [0.1, 0.15) is 63.8 Å². The number of aromatic nitrogens is 1. The number of nitrogens with zero attached hydrogens (tertiary/aromatic N) is 5. The van der Waals surface area contributed by atoms with Crippen LogP contribution < -0.4 is 37.2 Å². The van der Waals surface area contributed by atoms with E-state index in [9.17, 15) is 0 Å². The van der Waals surface area contributed by atoms with Crippen molar-refractivity contribution in [2.24, 2.45) is 20.0 Å². The van der Waals surface area contributed by atoms with Gasteiger partial charge in [0.15, 0.2) is 11.7 Å². The number of hydrogen-bond donors (Lipinski definition) is 0. The van der Waals surface area contributed by atoms with Crippen LogP contribution >= 0.6 is 0 Å². The number of unbranched alkanes of at least 4 members (excludes halogenated alkanes) is 2. The van der Waals surface area contributed by atoms with Crippen molar-refractivity contribution in [3.63, 3.8) is 0 Å². The second-order valence-corrected chi connectivity index (χ2v) is 8.64. The van der Waals surface area contributed by atoms with Crippen molar-refractivity contribution in [1.29, 1.82) is 0 Å². The topological polar surface area (TPSA) is 62.3 Å². The summed E-state index contributed by atoms with van der Waals surface area (Å²) in [4.78, 5) is 24.0. The predicted octanol–water partition coefficient (Wildman–Crippen LogP) is -3.40. The van der Waals surface area contributed by atoms with Gasteiger partial charge in [-0.3, -0.25) is 9.98 Å². The molecule has 9 heteroatoms. The minimum atomic E-state index is 0. The fourth-order valence-corrected chi connectivity index (χ4v) is 4.26. The van der Waals surface area contributed by atoms with Gasteiger partial charge in [0.25, 0.3) is 0 Å². The fourth-order valence-electron chi connectivity index (χ4n) is 4.26. The van der Waals surface area contributed by atoms with Gasteiger partial charge in [-0.2, -0.15) is 0 Å². The van der Waals surface area contributed by atoms with E-state index in [1.54, 1.807) is 0 Å². The van der Waals surface area contributed by atoms with Crippen molar-refractivity contribution < 1.29 is 55.8 Å². The molecule has 0 saturated heterocycles. The maximum absolute atomic E-state index is 4.82. The minimum absolute atomic E-state index is 0. The van der Waals surface area contributed by atoms with Crippen molar-refractivity contribution in [2.45, 2.75) is 64.5 Å². The Kier molecular flexibility index (Phi) is 13.3. The van der Waals surface area contributed by atoms with Crippen LogP contribution in [0.4, 0.5) is 0 Å². The van der Waals surface area contributed by atoms with Crippen LogP contribution in [0.25, 0.3) is 0 Å². The van der Waals surface area contributed by atoms with Gasteiger partial charge in [-0.1, -0.05) is 57.1 Å². The maximum Gasteiger partial charge on any atom is 3.00 e. The summed E-state index contributed by atoms with van der Waals surface area (Å²) in [5, 5.41) is 0. The van der Waals surface area contributed by atoms with Crippen molar-refractivity contribution >= 4 is 23.1 Å². The minimum Gasteiger partial charge on any atom is -1.00 e. The Morgan fingerprint density at radius 2 is 1.14 bits per heavy atom. The first-order chi connectivity index (χ1) is 15.7. The first kappa shape index (κ1) is 32.3. The second-order valence-electron chi connectivity index (χ2n) is 8.64. The Labute approximate surface area is 244 Å². The number of amidine groups is 2. The summed E-state index contributed by atoms with van der Waals surface area (Å²) in [6.45, 7) is 4.43. The summed E-state index contributed by atoms with van der Waals surface area (Å²) in [6, 6.07) is 5.93. The standard InChI is InChI=1S/C27H29N5.3ClH.V/c1-3-5-8-18-12-14-20-24(16-18)31-26(29-20)22-10-7-11-23(28-22)27-30-21-15-13-19(9-6-4-2)17-25(21)32-27;;;;/h7,10-17,20-21H,3-6,8-9H2,1-2H3;3*1H;/q;;;;+3/p-3. The zero-order valence-corrected chi connectivity index (χ0v) is 24.1. The molecule has 188 valence electrons. The van der Waals surface area contributed by atoms with Gasteiger partial charge in [0.1, 0.15) is 23.5 Å². The molecule has 0 fully saturated rings. The third-order valence-electron chi connectivity index (χ3n) is 6.10. The summed E-state index contributed by atoms with van der Waals surface area (Å²) in [6.07, 6.45) is 20.0. The normalized spacial score (nSPS) is 20.5. The number of pyridine rings is 1. The molecule has 2 aliphatic heterocycles. The average Bonchev–Trinajstić information content (AvgIpc) is 3.45. The molecule has 1 aromatic rings. The Bertz CT molecular complexity index is 1090. The Morgan fingerprint density at radius 3 is 1.56 bits per heavy atom. The molecule has 3 heterocycles. The molecule has 36 heavy (non-hydrogen) atoms. The Morgan fingerprint density at radius 1 is 0.694 bits per heavy atom. The smallest absolute Gasteiger partial charge is 1.00 e. The molecule has 0 saturated carbocycles. The fraction of sp³-hybridized carbons (Fsp3) is 0.370. The van der Waals surface area contributed by atoms with E-state index < -0.39 is 0 Å². The van der Waals surface area contributed by atoms with Gasteiger partial charge in [-0.05, 0) is 61.1 Å². The van der Waals surface area contributed by atoms with E-state index >= 15 is 0 Å². The molecule has 0 radical (unpaired) electrons. The molecule has 2 unspecified atom stereocenters. The van der Waals surface area contributed by atoms with Gasteiger partial charge in [0.2, 0.25) is 0 Å². The van der Waals surface area contributed by atoms with Gasteiger partial charge >= 0.3 is 18.6 Å². The van der Waals surface area contributed by atoms with Crippen molar-refractivity contribution in [3.05, 3.63) is 77.2 Å². The monoisotopic (exact) mass is 579 g/mol. The largest absolute Gasteiger partial charge is 3.00 e. The predicted molar refractivity (Wildman–Crippen MR) is 133 cm³/mol. The van der Waals surface area contributed by atoms with Crippen molar-refractivity contribution in [1.82, 2.24) is 4.98 Å². The van der Waals surface area contributed by atoms with Gasteiger partial charge in [0, 0.05) is 0 Å². The van der Waals surface area contributed by atoms with E-state index in [2.05, 4.69) is 50.3 Å². The average molecular weight is 581 g/mol. The van der Waals surface area contributed by atoms with E-state index in [1.807, 2.05) is 18.2 Å². The number of halogens is 3. The van der Waals surface area contributed by atoms with Crippen LogP contribution in [0.5, 0.6) is 0 Å². The molecular formula is C27H29Cl3N5V. The number of fused-ring (bicyclic) bond motifs is 2. The molecule has 0 spiro atoms. The molecule has 0 aromatic carbocycles. The van der Waals surface area contributed by atoms with Gasteiger partial charge in [-0.15, -0.1) is 0 Å². The summed E-state index contributed by atoms with van der Waals surface area (Å²) in [7, 11) is 0. The van der Waals surface area contributed by atoms with E-state index in [0.29, 0.717) is 11.7 Å². The summed E-state index contributed by atoms with van der Waals surface area (Å²) < 4.78 is 0. The molecule has 0 N–H and O–H groups in total. The van der Waals surface area contributed by atoms with Crippen LogP contribution in [0, 0.1) is 0 Å². The van der Waals surface area contributed by atoms with Crippen LogP contribution in [0.15, 0.2) is 85.8 Å². The first-order valence-corrected chi connectivity index (χ1v) is 11.8.